The van der Waals surface area contributed by atoms with Gasteiger partial charge in [0.1, 0.15) is 0 Å². The lowest BCUT2D eigenvalue weighted by Gasteiger charge is -2.40. The minimum Gasteiger partial charge on any atom is -0.291 e. The van der Waals surface area contributed by atoms with Crippen molar-refractivity contribution in [1.82, 2.24) is 4.90 Å². The molecule has 0 spiro atoms. The molecule has 0 radical (unpaired) electrons. The Morgan fingerprint density at radius 2 is 2.13 bits per heavy atom. The Balaban J connectivity index is 1.90. The van der Waals surface area contributed by atoms with E-state index in [1.54, 1.807) is 11.8 Å². The van der Waals surface area contributed by atoms with Crippen molar-refractivity contribution in [3.05, 3.63) is 0 Å². The van der Waals surface area contributed by atoms with Gasteiger partial charge in [-0.05, 0) is 19.3 Å². The summed E-state index contributed by atoms with van der Waals surface area (Å²) in [5, 5.41) is 1.01. The molecule has 0 N–H and O–H groups in total. The maximum atomic E-state index is 12.2. The SMILES string of the molecule is O=C1[C@@H]2CCCC[C@H]2N=C2SCCCN12. The fourth-order valence-electron chi connectivity index (χ4n) is 2.77. The van der Waals surface area contributed by atoms with Crippen LogP contribution in [0.3, 0.4) is 0 Å². The molecule has 82 valence electrons. The van der Waals surface area contributed by atoms with E-state index >= 15 is 0 Å². The molecule has 1 amide bonds. The molecule has 3 aliphatic rings. The van der Waals surface area contributed by atoms with Crippen LogP contribution in [0.25, 0.3) is 0 Å². The van der Waals surface area contributed by atoms with Crippen LogP contribution in [0, 0.1) is 5.92 Å². The lowest BCUT2D eigenvalue weighted by Crippen LogP contribution is -2.50. The molecule has 2 atom stereocenters. The number of amides is 1. The normalized spacial score (nSPS) is 35.6. The van der Waals surface area contributed by atoms with Gasteiger partial charge in [-0.25, -0.2) is 0 Å². The minimum atomic E-state index is 0.209. The predicted octanol–water partition coefficient (Wildman–Crippen LogP) is 1.88. The van der Waals surface area contributed by atoms with Crippen LogP contribution >= 0.6 is 11.8 Å². The van der Waals surface area contributed by atoms with E-state index in [2.05, 4.69) is 0 Å². The Labute approximate surface area is 94.3 Å². The van der Waals surface area contributed by atoms with Gasteiger partial charge in [-0.3, -0.25) is 14.7 Å². The lowest BCUT2D eigenvalue weighted by molar-refractivity contribution is -0.133. The monoisotopic (exact) mass is 224 g/mol. The molecule has 1 saturated heterocycles. The molecule has 0 aromatic rings. The molecule has 0 aromatic heterocycles. The Bertz CT molecular complexity index is 316. The van der Waals surface area contributed by atoms with Gasteiger partial charge in [-0.2, -0.15) is 0 Å². The third-order valence-electron chi connectivity index (χ3n) is 3.58. The van der Waals surface area contributed by atoms with Gasteiger partial charge in [0.2, 0.25) is 5.91 Å². The Morgan fingerprint density at radius 1 is 1.27 bits per heavy atom. The second-order valence-electron chi connectivity index (χ2n) is 4.56. The average Bonchev–Trinajstić information content (AvgIpc) is 2.30. The number of rotatable bonds is 0. The summed E-state index contributed by atoms with van der Waals surface area (Å²) in [7, 11) is 0. The summed E-state index contributed by atoms with van der Waals surface area (Å²) in [6.45, 7) is 0.897. The van der Waals surface area contributed by atoms with Crippen LogP contribution in [0.15, 0.2) is 4.99 Å². The van der Waals surface area contributed by atoms with Gasteiger partial charge in [-0.15, -0.1) is 0 Å². The molecule has 1 aliphatic carbocycles. The highest BCUT2D eigenvalue weighted by Gasteiger charge is 2.40. The van der Waals surface area contributed by atoms with Crippen LogP contribution < -0.4 is 0 Å². The highest BCUT2D eigenvalue weighted by Crippen LogP contribution is 2.35. The largest absolute Gasteiger partial charge is 0.291 e. The van der Waals surface area contributed by atoms with E-state index in [-0.39, 0.29) is 5.92 Å². The fraction of sp³-hybridized carbons (Fsp3) is 0.818. The second kappa shape index (κ2) is 3.81. The summed E-state index contributed by atoms with van der Waals surface area (Å²) < 4.78 is 0. The molecule has 3 nitrogen and oxygen atoms in total. The first-order chi connectivity index (χ1) is 7.36. The van der Waals surface area contributed by atoms with Crippen molar-refractivity contribution >= 4 is 22.8 Å². The number of amidine groups is 1. The Morgan fingerprint density at radius 3 is 3.07 bits per heavy atom. The van der Waals surface area contributed by atoms with Gasteiger partial charge < -0.3 is 0 Å². The first kappa shape index (κ1) is 9.70. The molecule has 0 unspecified atom stereocenters. The van der Waals surface area contributed by atoms with Gasteiger partial charge in [0.15, 0.2) is 5.17 Å². The van der Waals surface area contributed by atoms with E-state index in [0.717, 1.165) is 36.7 Å². The number of hydrogen-bond acceptors (Lipinski definition) is 3. The zero-order chi connectivity index (χ0) is 10.3. The second-order valence-corrected chi connectivity index (χ2v) is 5.62. The van der Waals surface area contributed by atoms with E-state index in [1.807, 2.05) is 4.90 Å². The van der Waals surface area contributed by atoms with E-state index in [4.69, 9.17) is 4.99 Å². The summed E-state index contributed by atoms with van der Waals surface area (Å²) in [6.07, 6.45) is 5.75. The average molecular weight is 224 g/mol. The lowest BCUT2D eigenvalue weighted by atomic mass is 9.83. The summed E-state index contributed by atoms with van der Waals surface area (Å²) >= 11 is 1.76. The number of thioether (sulfide) groups is 1. The Kier molecular flexibility index (Phi) is 2.47. The van der Waals surface area contributed by atoms with Gasteiger partial charge >= 0.3 is 0 Å². The van der Waals surface area contributed by atoms with Crippen LogP contribution in [-0.4, -0.2) is 34.3 Å². The van der Waals surface area contributed by atoms with Crippen LogP contribution in [-0.2, 0) is 4.79 Å². The number of nitrogens with zero attached hydrogens (tertiary/aromatic N) is 2. The molecule has 2 fully saturated rings. The third kappa shape index (κ3) is 1.59. The molecular weight excluding hydrogens is 208 g/mol. The molecule has 2 aliphatic heterocycles. The highest BCUT2D eigenvalue weighted by molar-refractivity contribution is 8.13. The van der Waals surface area contributed by atoms with Crippen LogP contribution in [0.4, 0.5) is 0 Å². The predicted molar refractivity (Wildman–Crippen MR) is 62.0 cm³/mol. The number of fused-ring (bicyclic) bond motifs is 2. The van der Waals surface area contributed by atoms with Crippen LogP contribution in [0.1, 0.15) is 32.1 Å². The van der Waals surface area contributed by atoms with Crippen molar-refractivity contribution in [2.24, 2.45) is 10.9 Å². The molecule has 2 heterocycles. The van der Waals surface area contributed by atoms with Crippen molar-refractivity contribution in [3.63, 3.8) is 0 Å². The zero-order valence-electron chi connectivity index (χ0n) is 8.82. The van der Waals surface area contributed by atoms with Crippen LogP contribution in [0.2, 0.25) is 0 Å². The fourth-order valence-corrected chi connectivity index (χ4v) is 3.77. The quantitative estimate of drug-likeness (QED) is 0.629. The summed E-state index contributed by atoms with van der Waals surface area (Å²) in [4.78, 5) is 18.9. The van der Waals surface area contributed by atoms with Crippen molar-refractivity contribution in [3.8, 4) is 0 Å². The molecule has 3 rings (SSSR count). The molecule has 0 bridgehead atoms. The number of aliphatic imine (C=N–C) groups is 1. The summed E-state index contributed by atoms with van der Waals surface area (Å²) in [5.74, 6) is 1.69. The van der Waals surface area contributed by atoms with Gasteiger partial charge in [0, 0.05) is 12.3 Å². The number of carbonyl (C=O) groups is 1. The van der Waals surface area contributed by atoms with E-state index < -0.39 is 0 Å². The molecule has 0 aromatic carbocycles. The molecular formula is C11H16N2OS. The maximum absolute atomic E-state index is 12.2. The Hall–Kier alpha value is -0.510. The molecule has 15 heavy (non-hydrogen) atoms. The highest BCUT2D eigenvalue weighted by atomic mass is 32.2. The minimum absolute atomic E-state index is 0.209. The molecule has 4 heteroatoms. The molecule has 1 saturated carbocycles. The number of carbonyl (C=O) groups excluding carboxylic acids is 1. The summed E-state index contributed by atoms with van der Waals surface area (Å²) in [6, 6.07) is 0.308. The zero-order valence-corrected chi connectivity index (χ0v) is 9.63. The van der Waals surface area contributed by atoms with E-state index in [1.165, 1.54) is 12.8 Å². The first-order valence-electron chi connectivity index (χ1n) is 5.88. The van der Waals surface area contributed by atoms with E-state index in [9.17, 15) is 4.79 Å². The third-order valence-corrected chi connectivity index (χ3v) is 4.65. The van der Waals surface area contributed by atoms with Gasteiger partial charge in [0.25, 0.3) is 0 Å². The van der Waals surface area contributed by atoms with Gasteiger partial charge in [-0.1, -0.05) is 24.6 Å². The first-order valence-corrected chi connectivity index (χ1v) is 6.87. The van der Waals surface area contributed by atoms with Crippen molar-refractivity contribution in [2.45, 2.75) is 38.1 Å². The summed E-state index contributed by atoms with van der Waals surface area (Å²) in [5.41, 5.74) is 0. The van der Waals surface area contributed by atoms with Crippen molar-refractivity contribution < 1.29 is 4.79 Å². The number of hydrogen-bond donors (Lipinski definition) is 0. The maximum Gasteiger partial charge on any atom is 0.233 e. The smallest absolute Gasteiger partial charge is 0.233 e. The standard InChI is InChI=1S/C11H16N2OS/c14-10-8-4-1-2-5-9(8)12-11-13(10)6-3-7-15-11/h8-9H,1-7H2/t8-,9-/m1/s1. The van der Waals surface area contributed by atoms with Gasteiger partial charge in [0.05, 0.1) is 12.0 Å². The van der Waals surface area contributed by atoms with Crippen molar-refractivity contribution in [2.75, 3.05) is 12.3 Å². The van der Waals surface area contributed by atoms with Crippen LogP contribution in [0.5, 0.6) is 0 Å². The van der Waals surface area contributed by atoms with Crippen molar-refractivity contribution in [1.29, 1.82) is 0 Å². The topological polar surface area (TPSA) is 32.7 Å². The van der Waals surface area contributed by atoms with E-state index in [0.29, 0.717) is 11.9 Å².